The van der Waals surface area contributed by atoms with Gasteiger partial charge in [0.1, 0.15) is 16.8 Å². The molecule has 1 N–H and O–H groups in total. The third-order valence-corrected chi connectivity index (χ3v) is 3.04. The van der Waals surface area contributed by atoms with E-state index < -0.39 is 11.6 Å². The number of thiazole rings is 1. The van der Waals surface area contributed by atoms with Crippen LogP contribution in [0.25, 0.3) is 0 Å². The van der Waals surface area contributed by atoms with Crippen LogP contribution in [0.5, 0.6) is 0 Å². The average molecular weight is 261 g/mol. The summed E-state index contributed by atoms with van der Waals surface area (Å²) in [6, 6.07) is 3.47. The minimum Gasteiger partial charge on any atom is -0.357 e. The summed E-state index contributed by atoms with van der Waals surface area (Å²) in [5.41, 5.74) is 0.382. The second-order valence-electron chi connectivity index (χ2n) is 3.06. The highest BCUT2D eigenvalue weighted by Gasteiger charge is 2.04. The van der Waals surface area contributed by atoms with Gasteiger partial charge in [-0.3, -0.25) is 0 Å². The first-order valence-corrected chi connectivity index (χ1v) is 5.70. The molecule has 0 radical (unpaired) electrons. The molecule has 16 heavy (non-hydrogen) atoms. The lowest BCUT2D eigenvalue weighted by molar-refractivity contribution is 0.574. The lowest BCUT2D eigenvalue weighted by Crippen LogP contribution is -2.01. The van der Waals surface area contributed by atoms with Gasteiger partial charge in [-0.25, -0.2) is 13.8 Å². The fourth-order valence-corrected chi connectivity index (χ4v) is 2.01. The molecule has 1 aromatic carbocycles. The summed E-state index contributed by atoms with van der Waals surface area (Å²) < 4.78 is 25.9. The zero-order chi connectivity index (χ0) is 11.5. The molecule has 0 bridgehead atoms. The maximum absolute atomic E-state index is 13.2. The van der Waals surface area contributed by atoms with Crippen molar-refractivity contribution in [3.05, 3.63) is 45.9 Å². The number of halogens is 3. The van der Waals surface area contributed by atoms with E-state index >= 15 is 0 Å². The molecule has 0 saturated carbocycles. The zero-order valence-corrected chi connectivity index (χ0v) is 9.58. The predicted octanol–water partition coefficient (Wildman–Crippen LogP) is 3.69. The monoisotopic (exact) mass is 260 g/mol. The number of benzene rings is 1. The van der Waals surface area contributed by atoms with Crippen molar-refractivity contribution in [2.75, 3.05) is 5.32 Å². The maximum Gasteiger partial charge on any atom is 0.184 e. The van der Waals surface area contributed by atoms with Gasteiger partial charge in [-0.05, 0) is 6.07 Å². The molecule has 0 aliphatic heterocycles. The van der Waals surface area contributed by atoms with E-state index in [0.717, 1.165) is 6.07 Å². The van der Waals surface area contributed by atoms with Crippen LogP contribution in [0.15, 0.2) is 23.6 Å². The minimum absolute atomic E-state index is 0.246. The fourth-order valence-electron chi connectivity index (χ4n) is 1.17. The molecule has 0 aliphatic carbocycles. The largest absolute Gasteiger partial charge is 0.357 e. The van der Waals surface area contributed by atoms with Crippen molar-refractivity contribution in [1.82, 2.24) is 4.98 Å². The van der Waals surface area contributed by atoms with E-state index in [1.807, 2.05) is 0 Å². The Morgan fingerprint density at radius 3 is 2.81 bits per heavy atom. The Hall–Kier alpha value is -1.20. The molecule has 84 valence electrons. The van der Waals surface area contributed by atoms with E-state index in [4.69, 9.17) is 11.6 Å². The summed E-state index contributed by atoms with van der Waals surface area (Å²) in [5, 5.41) is 5.57. The molecule has 0 saturated heterocycles. The Morgan fingerprint density at radius 2 is 2.19 bits per heavy atom. The molecule has 0 amide bonds. The number of hydrogen-bond acceptors (Lipinski definition) is 3. The van der Waals surface area contributed by atoms with Gasteiger partial charge < -0.3 is 5.32 Å². The first-order chi connectivity index (χ1) is 7.65. The summed E-state index contributed by atoms with van der Waals surface area (Å²) in [7, 11) is 0. The van der Waals surface area contributed by atoms with Crippen molar-refractivity contribution in [3.8, 4) is 0 Å². The van der Waals surface area contributed by atoms with Gasteiger partial charge >= 0.3 is 0 Å². The van der Waals surface area contributed by atoms with Crippen molar-refractivity contribution in [1.29, 1.82) is 0 Å². The summed E-state index contributed by atoms with van der Waals surface area (Å²) in [6.07, 6.45) is 0. The highest BCUT2D eigenvalue weighted by Crippen LogP contribution is 2.20. The van der Waals surface area contributed by atoms with E-state index in [0.29, 0.717) is 15.8 Å². The van der Waals surface area contributed by atoms with E-state index in [9.17, 15) is 8.78 Å². The summed E-state index contributed by atoms with van der Waals surface area (Å²) in [4.78, 5) is 3.95. The molecule has 0 spiro atoms. The van der Waals surface area contributed by atoms with Gasteiger partial charge in [0, 0.05) is 23.6 Å². The molecular formula is C10H7ClF2N2S. The third kappa shape index (κ3) is 2.68. The minimum atomic E-state index is -0.585. The Bertz CT molecular complexity index is 501. The van der Waals surface area contributed by atoms with E-state index in [1.54, 1.807) is 5.38 Å². The second-order valence-corrected chi connectivity index (χ2v) is 4.31. The Kier molecular flexibility index (Phi) is 3.36. The normalized spacial score (nSPS) is 10.4. The van der Waals surface area contributed by atoms with Crippen molar-refractivity contribution in [2.24, 2.45) is 0 Å². The van der Waals surface area contributed by atoms with Gasteiger partial charge in [-0.2, -0.15) is 0 Å². The second kappa shape index (κ2) is 4.76. The van der Waals surface area contributed by atoms with Gasteiger partial charge in [-0.15, -0.1) is 11.3 Å². The highest BCUT2D eigenvalue weighted by atomic mass is 35.5. The van der Waals surface area contributed by atoms with Gasteiger partial charge in [0.15, 0.2) is 5.13 Å². The molecule has 0 unspecified atom stereocenters. The molecule has 1 aromatic heterocycles. The lowest BCUT2D eigenvalue weighted by atomic mass is 10.2. The van der Waals surface area contributed by atoms with Gasteiger partial charge in [0.05, 0.1) is 0 Å². The molecule has 0 fully saturated rings. The van der Waals surface area contributed by atoms with E-state index in [-0.39, 0.29) is 6.54 Å². The van der Waals surface area contributed by atoms with Crippen molar-refractivity contribution >= 4 is 28.1 Å². The number of hydrogen-bond donors (Lipinski definition) is 1. The number of rotatable bonds is 3. The smallest absolute Gasteiger partial charge is 0.184 e. The fraction of sp³-hybridized carbons (Fsp3) is 0.100. The highest BCUT2D eigenvalue weighted by molar-refractivity contribution is 7.14. The average Bonchev–Trinajstić information content (AvgIpc) is 2.63. The molecule has 2 rings (SSSR count). The predicted molar refractivity (Wildman–Crippen MR) is 60.8 cm³/mol. The van der Waals surface area contributed by atoms with Gasteiger partial charge in [0.2, 0.25) is 0 Å². The Labute approximate surface area is 99.9 Å². The quantitative estimate of drug-likeness (QED) is 0.910. The Morgan fingerprint density at radius 1 is 1.38 bits per heavy atom. The van der Waals surface area contributed by atoms with E-state index in [2.05, 4.69) is 10.3 Å². The number of nitrogens with zero attached hydrogens (tertiary/aromatic N) is 1. The molecule has 2 aromatic rings. The molecule has 2 nitrogen and oxygen atoms in total. The van der Waals surface area contributed by atoms with Crippen LogP contribution in [0.4, 0.5) is 13.9 Å². The zero-order valence-electron chi connectivity index (χ0n) is 8.01. The first kappa shape index (κ1) is 11.3. The Balaban J connectivity index is 2.04. The maximum atomic E-state index is 13.2. The molecule has 0 atom stereocenters. The number of anilines is 1. The van der Waals surface area contributed by atoms with Crippen LogP contribution >= 0.6 is 22.9 Å². The van der Waals surface area contributed by atoms with Gasteiger partial charge in [-0.1, -0.05) is 17.7 Å². The first-order valence-electron chi connectivity index (χ1n) is 4.44. The number of aromatic nitrogens is 1. The van der Waals surface area contributed by atoms with Crippen LogP contribution in [0.3, 0.4) is 0 Å². The topological polar surface area (TPSA) is 24.9 Å². The molecule has 0 aliphatic rings. The van der Waals surface area contributed by atoms with Crippen LogP contribution in [-0.4, -0.2) is 4.98 Å². The summed E-state index contributed by atoms with van der Waals surface area (Å²) in [6.45, 7) is 0.246. The lowest BCUT2D eigenvalue weighted by Gasteiger charge is -2.04. The standard InChI is InChI=1S/C10H7ClF2N2S/c11-9-5-16-10(15-9)14-4-6-1-2-7(12)3-8(6)13/h1-3,5H,4H2,(H,14,15). The third-order valence-electron chi connectivity index (χ3n) is 1.92. The number of nitrogens with one attached hydrogen (secondary N) is 1. The van der Waals surface area contributed by atoms with Crippen molar-refractivity contribution in [2.45, 2.75) is 6.54 Å². The van der Waals surface area contributed by atoms with Gasteiger partial charge in [0.25, 0.3) is 0 Å². The van der Waals surface area contributed by atoms with Crippen molar-refractivity contribution < 1.29 is 8.78 Å². The van der Waals surface area contributed by atoms with Crippen LogP contribution in [0.1, 0.15) is 5.56 Å². The summed E-state index contributed by atoms with van der Waals surface area (Å²) in [5.74, 6) is -1.16. The molecule has 6 heteroatoms. The molecule has 1 heterocycles. The molecular weight excluding hydrogens is 254 g/mol. The summed E-state index contributed by atoms with van der Waals surface area (Å²) >= 11 is 6.96. The van der Waals surface area contributed by atoms with Crippen LogP contribution in [0.2, 0.25) is 5.15 Å². The SMILES string of the molecule is Fc1ccc(CNc2nc(Cl)cs2)c(F)c1. The van der Waals surface area contributed by atoms with Crippen LogP contribution < -0.4 is 5.32 Å². The van der Waals surface area contributed by atoms with Crippen LogP contribution in [0, 0.1) is 11.6 Å². The van der Waals surface area contributed by atoms with E-state index in [1.165, 1.54) is 23.5 Å². The van der Waals surface area contributed by atoms with Crippen molar-refractivity contribution in [3.63, 3.8) is 0 Å². The van der Waals surface area contributed by atoms with Crippen LogP contribution in [-0.2, 0) is 6.54 Å².